The Morgan fingerprint density at radius 1 is 1.33 bits per heavy atom. The molecular weight excluding hydrogens is 226 g/mol. The van der Waals surface area contributed by atoms with Gasteiger partial charge in [0.15, 0.2) is 0 Å². The molecule has 0 heterocycles. The van der Waals surface area contributed by atoms with Gasteiger partial charge in [-0.1, -0.05) is 33.1 Å². The van der Waals surface area contributed by atoms with E-state index in [4.69, 9.17) is 4.74 Å². The van der Waals surface area contributed by atoms with Crippen LogP contribution in [0.4, 0.5) is 0 Å². The minimum Gasteiger partial charge on any atom is -0.394 e. The van der Waals surface area contributed by atoms with Gasteiger partial charge in [-0.2, -0.15) is 0 Å². The zero-order chi connectivity index (χ0) is 13.4. The molecule has 0 bridgehead atoms. The van der Waals surface area contributed by atoms with Crippen LogP contribution in [0.25, 0.3) is 0 Å². The molecule has 1 aliphatic rings. The summed E-state index contributed by atoms with van der Waals surface area (Å²) in [7, 11) is 0. The molecule has 0 saturated heterocycles. The lowest BCUT2D eigenvalue weighted by molar-refractivity contribution is 0.0900. The lowest BCUT2D eigenvalue weighted by atomic mass is 9.83. The molecule has 1 fully saturated rings. The Morgan fingerprint density at radius 2 is 2.06 bits per heavy atom. The monoisotopic (exact) mass is 257 g/mol. The fraction of sp³-hybridized carbons (Fsp3) is 1.00. The number of rotatable bonds is 10. The Bertz CT molecular complexity index is 217. The van der Waals surface area contributed by atoms with Gasteiger partial charge in [-0.15, -0.1) is 0 Å². The molecule has 1 rings (SSSR count). The van der Waals surface area contributed by atoms with Crippen molar-refractivity contribution < 1.29 is 9.84 Å². The number of aliphatic hydroxyl groups excluding tert-OH is 1. The van der Waals surface area contributed by atoms with E-state index in [9.17, 15) is 5.11 Å². The summed E-state index contributed by atoms with van der Waals surface area (Å²) in [5, 5.41) is 12.9. The summed E-state index contributed by atoms with van der Waals surface area (Å²) < 4.78 is 5.68. The van der Waals surface area contributed by atoms with E-state index < -0.39 is 0 Å². The molecule has 0 aromatic rings. The van der Waals surface area contributed by atoms with Gasteiger partial charge in [0.1, 0.15) is 0 Å². The third kappa shape index (κ3) is 6.17. The quantitative estimate of drug-likeness (QED) is 0.591. The molecular formula is C15H31NO2. The average molecular weight is 257 g/mol. The highest BCUT2D eigenvalue weighted by Crippen LogP contribution is 2.29. The van der Waals surface area contributed by atoms with Crippen molar-refractivity contribution in [3.8, 4) is 0 Å². The van der Waals surface area contributed by atoms with Gasteiger partial charge in [-0.25, -0.2) is 0 Å². The highest BCUT2D eigenvalue weighted by atomic mass is 16.5. The highest BCUT2D eigenvalue weighted by Gasteiger charge is 2.23. The SMILES string of the molecule is CC(C)NC(C)(CO)CCCOCCC1CCC1. The molecule has 1 saturated carbocycles. The van der Waals surface area contributed by atoms with E-state index in [0.717, 1.165) is 32.0 Å². The standard InChI is InChI=1S/C15H31NO2/c1-13(2)16-15(3,12-17)9-5-10-18-11-8-14-6-4-7-14/h13-14,16-17H,4-12H2,1-3H3. The van der Waals surface area contributed by atoms with E-state index in [1.165, 1.54) is 25.7 Å². The molecule has 18 heavy (non-hydrogen) atoms. The topological polar surface area (TPSA) is 41.5 Å². The van der Waals surface area contributed by atoms with Gasteiger partial charge < -0.3 is 15.2 Å². The summed E-state index contributed by atoms with van der Waals surface area (Å²) in [4.78, 5) is 0. The molecule has 0 amide bonds. The second-order valence-electron chi connectivity index (χ2n) is 6.32. The molecule has 3 nitrogen and oxygen atoms in total. The summed E-state index contributed by atoms with van der Waals surface area (Å²) in [5.74, 6) is 0.940. The van der Waals surface area contributed by atoms with E-state index in [-0.39, 0.29) is 12.1 Å². The molecule has 0 aromatic carbocycles. The fourth-order valence-corrected chi connectivity index (χ4v) is 2.59. The molecule has 0 aromatic heterocycles. The number of ether oxygens (including phenoxy) is 1. The van der Waals surface area contributed by atoms with Gasteiger partial charge in [0, 0.05) is 24.8 Å². The summed E-state index contributed by atoms with van der Waals surface area (Å²) in [5.41, 5.74) is -0.161. The fourth-order valence-electron chi connectivity index (χ4n) is 2.59. The normalized spacial score (nSPS) is 19.8. The van der Waals surface area contributed by atoms with Crippen molar-refractivity contribution >= 4 is 0 Å². The minimum atomic E-state index is -0.161. The molecule has 0 radical (unpaired) electrons. The van der Waals surface area contributed by atoms with Gasteiger partial charge in [0.25, 0.3) is 0 Å². The lowest BCUT2D eigenvalue weighted by Crippen LogP contribution is -2.49. The smallest absolute Gasteiger partial charge is 0.0610 e. The van der Waals surface area contributed by atoms with Crippen LogP contribution in [0.3, 0.4) is 0 Å². The van der Waals surface area contributed by atoms with Crippen molar-refractivity contribution in [2.45, 2.75) is 70.9 Å². The van der Waals surface area contributed by atoms with Crippen LogP contribution in [0, 0.1) is 5.92 Å². The molecule has 1 unspecified atom stereocenters. The van der Waals surface area contributed by atoms with E-state index >= 15 is 0 Å². The van der Waals surface area contributed by atoms with E-state index in [1.54, 1.807) is 0 Å². The third-order valence-corrected chi connectivity index (χ3v) is 3.90. The Balaban J connectivity index is 2.00. The Hall–Kier alpha value is -0.120. The molecule has 2 N–H and O–H groups in total. The van der Waals surface area contributed by atoms with E-state index in [1.807, 2.05) is 0 Å². The summed E-state index contributed by atoms with van der Waals surface area (Å²) in [6, 6.07) is 0.404. The number of hydrogen-bond donors (Lipinski definition) is 2. The van der Waals surface area contributed by atoms with Gasteiger partial charge in [-0.05, 0) is 32.1 Å². The zero-order valence-corrected chi connectivity index (χ0v) is 12.4. The predicted octanol–water partition coefficient (Wildman–Crippen LogP) is 2.72. The van der Waals surface area contributed by atoms with Crippen LogP contribution in [0.1, 0.15) is 59.3 Å². The van der Waals surface area contributed by atoms with Crippen molar-refractivity contribution in [3.63, 3.8) is 0 Å². The number of nitrogens with one attached hydrogen (secondary N) is 1. The van der Waals surface area contributed by atoms with Crippen LogP contribution in [0.5, 0.6) is 0 Å². The predicted molar refractivity (Wildman–Crippen MR) is 75.8 cm³/mol. The maximum absolute atomic E-state index is 9.45. The van der Waals surface area contributed by atoms with Crippen LogP contribution in [0.15, 0.2) is 0 Å². The summed E-state index contributed by atoms with van der Waals surface area (Å²) >= 11 is 0. The molecule has 3 heteroatoms. The van der Waals surface area contributed by atoms with Crippen LogP contribution in [-0.2, 0) is 4.74 Å². The first-order valence-corrected chi connectivity index (χ1v) is 7.52. The second kappa shape index (κ2) is 8.13. The average Bonchev–Trinajstić information content (AvgIpc) is 2.24. The van der Waals surface area contributed by atoms with Crippen molar-refractivity contribution in [2.24, 2.45) is 5.92 Å². The van der Waals surface area contributed by atoms with Crippen molar-refractivity contribution in [3.05, 3.63) is 0 Å². The number of aliphatic hydroxyl groups is 1. The largest absolute Gasteiger partial charge is 0.394 e. The second-order valence-corrected chi connectivity index (χ2v) is 6.32. The van der Waals surface area contributed by atoms with Gasteiger partial charge in [0.2, 0.25) is 0 Å². The lowest BCUT2D eigenvalue weighted by Gasteiger charge is -2.31. The van der Waals surface area contributed by atoms with Gasteiger partial charge in [0.05, 0.1) is 6.61 Å². The summed E-state index contributed by atoms with van der Waals surface area (Å²) in [6.07, 6.45) is 7.45. The first kappa shape index (κ1) is 15.9. The Kier molecular flexibility index (Phi) is 7.20. The van der Waals surface area contributed by atoms with Gasteiger partial charge in [-0.3, -0.25) is 0 Å². The first-order valence-electron chi connectivity index (χ1n) is 7.52. The van der Waals surface area contributed by atoms with Crippen LogP contribution < -0.4 is 5.32 Å². The Labute approximate surface area is 112 Å². The van der Waals surface area contributed by atoms with E-state index in [2.05, 4.69) is 26.1 Å². The number of hydrogen-bond acceptors (Lipinski definition) is 3. The van der Waals surface area contributed by atoms with E-state index in [0.29, 0.717) is 6.04 Å². The van der Waals surface area contributed by atoms with Crippen LogP contribution >= 0.6 is 0 Å². The van der Waals surface area contributed by atoms with Crippen LogP contribution in [0.2, 0.25) is 0 Å². The summed E-state index contributed by atoms with van der Waals surface area (Å²) in [6.45, 7) is 8.24. The third-order valence-electron chi connectivity index (χ3n) is 3.90. The van der Waals surface area contributed by atoms with Gasteiger partial charge >= 0.3 is 0 Å². The molecule has 0 aliphatic heterocycles. The van der Waals surface area contributed by atoms with Crippen molar-refractivity contribution in [1.82, 2.24) is 5.32 Å². The highest BCUT2D eigenvalue weighted by molar-refractivity contribution is 4.83. The molecule has 1 aliphatic carbocycles. The first-order chi connectivity index (χ1) is 8.56. The minimum absolute atomic E-state index is 0.161. The molecule has 1 atom stereocenters. The molecule has 108 valence electrons. The van der Waals surface area contributed by atoms with Crippen molar-refractivity contribution in [1.29, 1.82) is 0 Å². The van der Waals surface area contributed by atoms with Crippen LogP contribution in [-0.4, -0.2) is 36.5 Å². The maximum atomic E-state index is 9.45. The van der Waals surface area contributed by atoms with Crippen molar-refractivity contribution in [2.75, 3.05) is 19.8 Å². The maximum Gasteiger partial charge on any atom is 0.0610 e. The Morgan fingerprint density at radius 3 is 2.56 bits per heavy atom. The molecule has 0 spiro atoms. The zero-order valence-electron chi connectivity index (χ0n) is 12.4.